The van der Waals surface area contributed by atoms with Gasteiger partial charge in [0, 0.05) is 18.5 Å². The van der Waals surface area contributed by atoms with Crippen LogP contribution in [0.4, 0.5) is 0 Å². The van der Waals surface area contributed by atoms with Gasteiger partial charge in [0.05, 0.1) is 30.3 Å². The van der Waals surface area contributed by atoms with Crippen molar-refractivity contribution < 1.29 is 33.4 Å². The summed E-state index contributed by atoms with van der Waals surface area (Å²) in [6.45, 7) is 3.71. The third-order valence-corrected chi connectivity index (χ3v) is 8.42. The van der Waals surface area contributed by atoms with Crippen molar-refractivity contribution in [2.24, 2.45) is 41.4 Å². The second kappa shape index (κ2) is 8.73. The molecule has 8 heteroatoms. The zero-order chi connectivity index (χ0) is 25.0. The number of cyclic esters (lactones) is 2. The number of likely N-dealkylation sites (tertiary alicyclic amines) is 1. The molecular weight excluding hydrogens is 450 g/mol. The molecule has 2 amide bonds. The molecule has 7 atom stereocenters. The summed E-state index contributed by atoms with van der Waals surface area (Å²) < 4.78 is 10.6. The molecule has 1 unspecified atom stereocenters. The average Bonchev–Trinajstić information content (AvgIpc) is 3.25. The lowest BCUT2D eigenvalue weighted by Gasteiger charge is -2.46. The fourth-order valence-electron chi connectivity index (χ4n) is 6.97. The summed E-state index contributed by atoms with van der Waals surface area (Å²) in [5, 5.41) is 0. The Labute approximate surface area is 203 Å². The van der Waals surface area contributed by atoms with E-state index in [0.717, 1.165) is 10.5 Å². The molecule has 2 saturated heterocycles. The summed E-state index contributed by atoms with van der Waals surface area (Å²) in [4.78, 5) is 66.4. The predicted molar refractivity (Wildman–Crippen MR) is 122 cm³/mol. The number of carbonyl (C=O) groups is 5. The van der Waals surface area contributed by atoms with E-state index in [1.807, 2.05) is 37.3 Å². The number of imide groups is 1. The quantitative estimate of drug-likeness (QED) is 0.362. The number of amides is 2. The second-order valence-electron chi connectivity index (χ2n) is 10.0. The summed E-state index contributed by atoms with van der Waals surface area (Å²) in [7, 11) is 1.47. The van der Waals surface area contributed by atoms with Crippen LogP contribution in [0.5, 0.6) is 0 Å². The first-order chi connectivity index (χ1) is 16.8. The number of fused-ring (bicyclic) bond motifs is 4. The number of hydrogen-bond donors (Lipinski definition) is 0. The van der Waals surface area contributed by atoms with Crippen molar-refractivity contribution in [1.82, 2.24) is 4.90 Å². The third kappa shape index (κ3) is 3.53. The van der Waals surface area contributed by atoms with Crippen LogP contribution in [0.1, 0.15) is 32.3 Å². The van der Waals surface area contributed by atoms with Gasteiger partial charge in [-0.3, -0.25) is 24.1 Å². The average molecular weight is 480 g/mol. The normalized spacial score (nSPS) is 33.9. The number of hydrogen-bond acceptors (Lipinski definition) is 7. The van der Waals surface area contributed by atoms with Crippen molar-refractivity contribution in [2.75, 3.05) is 13.7 Å². The maximum absolute atomic E-state index is 13.4. The molecule has 1 aromatic carbocycles. The molecule has 2 aliphatic carbocycles. The van der Waals surface area contributed by atoms with E-state index >= 15 is 0 Å². The zero-order valence-electron chi connectivity index (χ0n) is 20.1. The molecule has 5 rings (SSSR count). The van der Waals surface area contributed by atoms with Crippen molar-refractivity contribution in [3.05, 3.63) is 47.0 Å². The zero-order valence-corrected chi connectivity index (χ0v) is 20.1. The molecule has 0 radical (unpaired) electrons. The molecule has 3 fully saturated rings. The standard InChI is InChI=1S/C27H29NO7/c1-4-34-25(31)20-15(11-10-14-8-6-5-7-9-14)21-22(27(33)35-26(21)32)18-13(2)19-17(12-16(18)20)23(29)28(3)24(19)30/h5-9,13,15,17-19,21-22H,4,10-12H2,1-3H3/t13?,15-,17-,18+,19+,21-,22+/m0/s1. The summed E-state index contributed by atoms with van der Waals surface area (Å²) in [5.41, 5.74) is 2.12. The summed E-state index contributed by atoms with van der Waals surface area (Å²) in [6.07, 6.45) is 1.25. The van der Waals surface area contributed by atoms with Crippen LogP contribution >= 0.6 is 0 Å². The van der Waals surface area contributed by atoms with Gasteiger partial charge in [-0.2, -0.15) is 0 Å². The van der Waals surface area contributed by atoms with Crippen LogP contribution in [0.3, 0.4) is 0 Å². The van der Waals surface area contributed by atoms with Gasteiger partial charge in [0.2, 0.25) is 11.8 Å². The topological polar surface area (TPSA) is 107 Å². The Bertz CT molecular complexity index is 1140. The Morgan fingerprint density at radius 2 is 1.69 bits per heavy atom. The highest BCUT2D eigenvalue weighted by atomic mass is 16.6. The molecule has 0 bridgehead atoms. The van der Waals surface area contributed by atoms with Gasteiger partial charge in [-0.05, 0) is 43.6 Å². The molecule has 4 aliphatic rings. The Balaban J connectivity index is 1.64. The number of esters is 3. The van der Waals surface area contributed by atoms with Gasteiger partial charge in [0.25, 0.3) is 0 Å². The maximum atomic E-state index is 13.4. The maximum Gasteiger partial charge on any atom is 0.334 e. The minimum Gasteiger partial charge on any atom is -0.463 e. The molecule has 2 heterocycles. The van der Waals surface area contributed by atoms with E-state index in [-0.39, 0.29) is 24.8 Å². The fraction of sp³-hybridized carbons (Fsp3) is 0.519. The number of carbonyl (C=O) groups excluding carboxylic acids is 5. The van der Waals surface area contributed by atoms with Gasteiger partial charge in [-0.15, -0.1) is 0 Å². The van der Waals surface area contributed by atoms with Gasteiger partial charge < -0.3 is 9.47 Å². The van der Waals surface area contributed by atoms with E-state index in [4.69, 9.17) is 9.47 Å². The van der Waals surface area contributed by atoms with Crippen molar-refractivity contribution >= 4 is 29.7 Å². The number of rotatable bonds is 5. The lowest BCUT2D eigenvalue weighted by atomic mass is 9.53. The summed E-state index contributed by atoms with van der Waals surface area (Å²) >= 11 is 0. The Kier molecular flexibility index (Phi) is 5.85. The van der Waals surface area contributed by atoms with E-state index in [1.54, 1.807) is 6.92 Å². The van der Waals surface area contributed by atoms with Crippen LogP contribution in [0.15, 0.2) is 41.5 Å². The number of nitrogens with zero attached hydrogens (tertiary/aromatic N) is 1. The van der Waals surface area contributed by atoms with Gasteiger partial charge in [-0.25, -0.2) is 4.79 Å². The van der Waals surface area contributed by atoms with Gasteiger partial charge >= 0.3 is 17.9 Å². The SMILES string of the molecule is CCOC(=O)C1=C2C[C@@H]3C(=O)N(C)C(=O)[C@@H]3C(C)[C@H]2[C@H]2C(=O)OC(=O)[C@H]2[C@H]1CCc1ccccc1. The van der Waals surface area contributed by atoms with Crippen molar-refractivity contribution in [3.63, 3.8) is 0 Å². The lowest BCUT2D eigenvalue weighted by Crippen LogP contribution is -2.49. The van der Waals surface area contributed by atoms with Crippen LogP contribution in [0.25, 0.3) is 0 Å². The van der Waals surface area contributed by atoms with Crippen molar-refractivity contribution in [2.45, 2.75) is 33.1 Å². The molecule has 0 aromatic heterocycles. The van der Waals surface area contributed by atoms with Crippen LogP contribution in [0, 0.1) is 41.4 Å². The molecule has 184 valence electrons. The molecule has 0 spiro atoms. The first-order valence-corrected chi connectivity index (χ1v) is 12.3. The van der Waals surface area contributed by atoms with E-state index in [1.165, 1.54) is 7.05 Å². The molecule has 1 saturated carbocycles. The highest BCUT2D eigenvalue weighted by molar-refractivity contribution is 6.06. The van der Waals surface area contributed by atoms with Crippen molar-refractivity contribution in [1.29, 1.82) is 0 Å². The molecule has 1 aromatic rings. The smallest absolute Gasteiger partial charge is 0.334 e. The first-order valence-electron chi connectivity index (χ1n) is 12.3. The molecule has 2 aliphatic heterocycles. The number of benzene rings is 1. The molecule has 0 N–H and O–H groups in total. The van der Waals surface area contributed by atoms with E-state index in [2.05, 4.69) is 0 Å². The predicted octanol–water partition coefficient (Wildman–Crippen LogP) is 2.31. The monoisotopic (exact) mass is 479 g/mol. The molecule has 8 nitrogen and oxygen atoms in total. The largest absolute Gasteiger partial charge is 0.463 e. The van der Waals surface area contributed by atoms with Crippen LogP contribution in [-0.2, 0) is 39.9 Å². The molecular formula is C27H29NO7. The van der Waals surface area contributed by atoms with E-state index in [0.29, 0.717) is 24.0 Å². The number of ether oxygens (including phenoxy) is 2. The molecule has 35 heavy (non-hydrogen) atoms. The van der Waals surface area contributed by atoms with Gasteiger partial charge in [-0.1, -0.05) is 42.8 Å². The van der Waals surface area contributed by atoms with Crippen molar-refractivity contribution in [3.8, 4) is 0 Å². The Morgan fingerprint density at radius 3 is 2.37 bits per heavy atom. The third-order valence-electron chi connectivity index (χ3n) is 8.42. The van der Waals surface area contributed by atoms with Crippen LogP contribution in [0.2, 0.25) is 0 Å². The minimum absolute atomic E-state index is 0.158. The lowest BCUT2D eigenvalue weighted by molar-refractivity contribution is -0.154. The highest BCUT2D eigenvalue weighted by Gasteiger charge is 2.64. The minimum atomic E-state index is -0.816. The van der Waals surface area contributed by atoms with Crippen LogP contribution in [-0.4, -0.2) is 48.3 Å². The first kappa shape index (κ1) is 23.5. The van der Waals surface area contributed by atoms with E-state index < -0.39 is 59.3 Å². The highest BCUT2D eigenvalue weighted by Crippen LogP contribution is 2.58. The number of allylic oxidation sites excluding steroid dienone is 1. The van der Waals surface area contributed by atoms with Gasteiger partial charge in [0.1, 0.15) is 0 Å². The second-order valence-corrected chi connectivity index (χ2v) is 10.0. The van der Waals surface area contributed by atoms with E-state index in [9.17, 15) is 24.0 Å². The summed E-state index contributed by atoms with van der Waals surface area (Å²) in [6, 6.07) is 9.72. The number of aryl methyl sites for hydroxylation is 1. The van der Waals surface area contributed by atoms with Gasteiger partial charge in [0.15, 0.2) is 0 Å². The van der Waals surface area contributed by atoms with Crippen LogP contribution < -0.4 is 0 Å². The fourth-order valence-corrected chi connectivity index (χ4v) is 6.97. The Morgan fingerprint density at radius 1 is 1.00 bits per heavy atom. The Hall–Kier alpha value is -3.29. The summed E-state index contributed by atoms with van der Waals surface area (Å²) in [5.74, 6) is -6.57.